The van der Waals surface area contributed by atoms with Crippen molar-refractivity contribution in [3.8, 4) is 11.3 Å². The van der Waals surface area contributed by atoms with E-state index in [9.17, 15) is 4.79 Å². The SMILES string of the molecule is Cc1ccc(-c2nn(Cc3ccccc3)cc2C(=O)NCCN(C)C)cc1C. The molecule has 1 aromatic heterocycles. The summed E-state index contributed by atoms with van der Waals surface area (Å²) in [7, 11) is 3.98. The van der Waals surface area contributed by atoms with E-state index in [-0.39, 0.29) is 5.91 Å². The van der Waals surface area contributed by atoms with E-state index in [4.69, 9.17) is 5.10 Å². The number of hydrogen-bond acceptors (Lipinski definition) is 3. The van der Waals surface area contributed by atoms with Crippen LogP contribution >= 0.6 is 0 Å². The second-order valence-corrected chi connectivity index (χ2v) is 7.43. The predicted octanol–water partition coefficient (Wildman–Crippen LogP) is 3.51. The molecule has 0 saturated carbocycles. The lowest BCUT2D eigenvalue weighted by Crippen LogP contribution is -2.31. The molecule has 0 radical (unpaired) electrons. The molecule has 3 aromatic rings. The minimum Gasteiger partial charge on any atom is -0.351 e. The Bertz CT molecular complexity index is 944. The summed E-state index contributed by atoms with van der Waals surface area (Å²) < 4.78 is 1.85. The minimum absolute atomic E-state index is 0.0885. The Balaban J connectivity index is 1.92. The van der Waals surface area contributed by atoms with Crippen LogP contribution in [0.2, 0.25) is 0 Å². The maximum absolute atomic E-state index is 12.9. The molecule has 2 aromatic carbocycles. The Kier molecular flexibility index (Phi) is 6.26. The van der Waals surface area contributed by atoms with Crippen molar-refractivity contribution in [3.05, 3.63) is 77.0 Å². The number of benzene rings is 2. The molecule has 0 saturated heterocycles. The highest BCUT2D eigenvalue weighted by atomic mass is 16.1. The first-order valence-corrected chi connectivity index (χ1v) is 9.56. The topological polar surface area (TPSA) is 50.2 Å². The van der Waals surface area contributed by atoms with Crippen LogP contribution in [0.3, 0.4) is 0 Å². The molecule has 0 aliphatic heterocycles. The predicted molar refractivity (Wildman–Crippen MR) is 114 cm³/mol. The summed E-state index contributed by atoms with van der Waals surface area (Å²) in [5.41, 5.74) is 5.86. The van der Waals surface area contributed by atoms with Gasteiger partial charge in [-0.05, 0) is 50.7 Å². The number of hydrogen-bond donors (Lipinski definition) is 1. The second kappa shape index (κ2) is 8.85. The molecular formula is C23H28N4O. The quantitative estimate of drug-likeness (QED) is 0.687. The largest absolute Gasteiger partial charge is 0.351 e. The molecule has 5 nitrogen and oxygen atoms in total. The third-order valence-corrected chi connectivity index (χ3v) is 4.82. The average Bonchev–Trinajstić information content (AvgIpc) is 3.08. The van der Waals surface area contributed by atoms with Gasteiger partial charge < -0.3 is 10.2 Å². The zero-order chi connectivity index (χ0) is 20.1. The van der Waals surface area contributed by atoms with Crippen LogP contribution < -0.4 is 5.32 Å². The number of likely N-dealkylation sites (N-methyl/N-ethyl adjacent to an activating group) is 1. The standard InChI is InChI=1S/C23H28N4O/c1-17-10-11-20(14-18(17)2)22-21(23(28)24-12-13-26(3)4)16-27(25-22)15-19-8-6-5-7-9-19/h5-11,14,16H,12-13,15H2,1-4H3,(H,24,28). The van der Waals surface area contributed by atoms with Gasteiger partial charge in [-0.15, -0.1) is 0 Å². The number of nitrogens with zero attached hydrogens (tertiary/aromatic N) is 3. The van der Waals surface area contributed by atoms with Gasteiger partial charge in [0.25, 0.3) is 5.91 Å². The van der Waals surface area contributed by atoms with Crippen LogP contribution in [0.5, 0.6) is 0 Å². The zero-order valence-corrected chi connectivity index (χ0v) is 17.1. The van der Waals surface area contributed by atoms with Gasteiger partial charge in [-0.25, -0.2) is 0 Å². The van der Waals surface area contributed by atoms with Gasteiger partial charge in [-0.1, -0.05) is 42.5 Å². The van der Waals surface area contributed by atoms with Crippen LogP contribution in [0.1, 0.15) is 27.0 Å². The fraction of sp³-hybridized carbons (Fsp3) is 0.304. The van der Waals surface area contributed by atoms with Gasteiger partial charge in [0.1, 0.15) is 5.69 Å². The van der Waals surface area contributed by atoms with Gasteiger partial charge in [0.15, 0.2) is 0 Å². The molecule has 1 heterocycles. The molecule has 0 bridgehead atoms. The van der Waals surface area contributed by atoms with Crippen molar-refractivity contribution < 1.29 is 4.79 Å². The van der Waals surface area contributed by atoms with Crippen LogP contribution in [-0.2, 0) is 6.54 Å². The Labute approximate surface area is 167 Å². The molecule has 1 N–H and O–H groups in total. The second-order valence-electron chi connectivity index (χ2n) is 7.43. The first-order chi connectivity index (χ1) is 13.4. The average molecular weight is 377 g/mol. The van der Waals surface area contributed by atoms with E-state index in [1.54, 1.807) is 0 Å². The normalized spacial score (nSPS) is 11.0. The summed E-state index contributed by atoms with van der Waals surface area (Å²) in [5.74, 6) is -0.0885. The Morgan fingerprint density at radius 3 is 2.50 bits per heavy atom. The summed E-state index contributed by atoms with van der Waals surface area (Å²) in [6.07, 6.45) is 1.85. The molecular weight excluding hydrogens is 348 g/mol. The van der Waals surface area contributed by atoms with Crippen molar-refractivity contribution in [2.75, 3.05) is 27.2 Å². The lowest BCUT2D eigenvalue weighted by atomic mass is 10.0. The smallest absolute Gasteiger partial charge is 0.255 e. The van der Waals surface area contributed by atoms with Crippen molar-refractivity contribution >= 4 is 5.91 Å². The van der Waals surface area contributed by atoms with Crippen molar-refractivity contribution in [1.82, 2.24) is 20.0 Å². The van der Waals surface area contributed by atoms with Crippen molar-refractivity contribution in [2.45, 2.75) is 20.4 Å². The van der Waals surface area contributed by atoms with E-state index >= 15 is 0 Å². The highest BCUT2D eigenvalue weighted by molar-refractivity contribution is 5.99. The Morgan fingerprint density at radius 1 is 1.07 bits per heavy atom. The molecule has 146 valence electrons. The molecule has 0 aliphatic carbocycles. The fourth-order valence-electron chi connectivity index (χ4n) is 3.03. The molecule has 0 aliphatic rings. The molecule has 1 amide bonds. The number of amides is 1. The highest BCUT2D eigenvalue weighted by Gasteiger charge is 2.18. The lowest BCUT2D eigenvalue weighted by Gasteiger charge is -2.10. The maximum Gasteiger partial charge on any atom is 0.255 e. The van der Waals surface area contributed by atoms with Gasteiger partial charge in [0, 0.05) is 24.8 Å². The van der Waals surface area contributed by atoms with Gasteiger partial charge in [-0.2, -0.15) is 5.10 Å². The lowest BCUT2D eigenvalue weighted by molar-refractivity contribution is 0.0951. The van der Waals surface area contributed by atoms with Crippen LogP contribution in [-0.4, -0.2) is 47.8 Å². The molecule has 5 heteroatoms. The Morgan fingerprint density at radius 2 is 1.82 bits per heavy atom. The summed E-state index contributed by atoms with van der Waals surface area (Å²) in [6, 6.07) is 16.4. The minimum atomic E-state index is -0.0885. The molecule has 0 spiro atoms. The summed E-state index contributed by atoms with van der Waals surface area (Å²) in [5, 5.41) is 7.77. The van der Waals surface area contributed by atoms with Crippen molar-refractivity contribution in [2.24, 2.45) is 0 Å². The molecule has 0 fully saturated rings. The van der Waals surface area contributed by atoms with E-state index in [0.29, 0.717) is 18.7 Å². The van der Waals surface area contributed by atoms with Crippen LogP contribution in [0.4, 0.5) is 0 Å². The van der Waals surface area contributed by atoms with E-state index in [2.05, 4.69) is 43.4 Å². The Hall–Kier alpha value is -2.92. The van der Waals surface area contributed by atoms with Gasteiger partial charge in [-0.3, -0.25) is 9.48 Å². The van der Waals surface area contributed by atoms with Crippen molar-refractivity contribution in [1.29, 1.82) is 0 Å². The molecule has 28 heavy (non-hydrogen) atoms. The number of aryl methyl sites for hydroxylation is 2. The van der Waals surface area contributed by atoms with E-state index in [0.717, 1.165) is 23.4 Å². The number of aromatic nitrogens is 2. The third kappa shape index (κ3) is 4.87. The number of carbonyl (C=O) groups excluding carboxylic acids is 1. The van der Waals surface area contributed by atoms with Crippen LogP contribution in [0.25, 0.3) is 11.3 Å². The third-order valence-electron chi connectivity index (χ3n) is 4.82. The zero-order valence-electron chi connectivity index (χ0n) is 17.1. The van der Waals surface area contributed by atoms with Gasteiger partial charge >= 0.3 is 0 Å². The highest BCUT2D eigenvalue weighted by Crippen LogP contribution is 2.25. The van der Waals surface area contributed by atoms with Crippen LogP contribution in [0, 0.1) is 13.8 Å². The van der Waals surface area contributed by atoms with Crippen LogP contribution in [0.15, 0.2) is 54.7 Å². The van der Waals surface area contributed by atoms with E-state index in [1.165, 1.54) is 11.1 Å². The summed E-state index contributed by atoms with van der Waals surface area (Å²) >= 11 is 0. The van der Waals surface area contributed by atoms with Crippen molar-refractivity contribution in [3.63, 3.8) is 0 Å². The van der Waals surface area contributed by atoms with E-state index in [1.807, 2.05) is 54.1 Å². The fourth-order valence-corrected chi connectivity index (χ4v) is 3.03. The van der Waals surface area contributed by atoms with E-state index < -0.39 is 0 Å². The first-order valence-electron chi connectivity index (χ1n) is 9.56. The molecule has 3 rings (SSSR count). The number of nitrogens with one attached hydrogen (secondary N) is 1. The summed E-state index contributed by atoms with van der Waals surface area (Å²) in [4.78, 5) is 14.9. The maximum atomic E-state index is 12.9. The van der Waals surface area contributed by atoms with Gasteiger partial charge in [0.2, 0.25) is 0 Å². The molecule has 0 atom stereocenters. The first kappa shape index (κ1) is 19.8. The number of rotatable bonds is 7. The number of carbonyl (C=O) groups is 1. The van der Waals surface area contributed by atoms with Gasteiger partial charge in [0.05, 0.1) is 12.1 Å². The monoisotopic (exact) mass is 376 g/mol. The molecule has 0 unspecified atom stereocenters. The summed E-state index contributed by atoms with van der Waals surface area (Å²) in [6.45, 7) is 6.19.